The van der Waals surface area contributed by atoms with Gasteiger partial charge in [-0.1, -0.05) is 48.5 Å². The molecular formula is C22H15N2O4-. The Bertz CT molecular complexity index is 1080. The summed E-state index contributed by atoms with van der Waals surface area (Å²) in [5, 5.41) is 22.9. The maximum absolute atomic E-state index is 12.2. The minimum absolute atomic E-state index is 0.0315. The summed E-state index contributed by atoms with van der Waals surface area (Å²) in [6.45, 7) is 0.304. The minimum atomic E-state index is -1.28. The molecule has 0 bridgehead atoms. The number of nitriles is 1. The highest BCUT2D eigenvalue weighted by molar-refractivity contribution is 6.01. The first-order chi connectivity index (χ1) is 13.6. The van der Waals surface area contributed by atoms with Crippen molar-refractivity contribution in [2.75, 3.05) is 0 Å². The number of carboxylic acids is 1. The van der Waals surface area contributed by atoms with Crippen molar-refractivity contribution in [2.45, 2.75) is 6.54 Å². The normalized spacial score (nSPS) is 10.9. The van der Waals surface area contributed by atoms with Gasteiger partial charge in [0.2, 0.25) is 0 Å². The molecule has 0 spiro atoms. The molecule has 28 heavy (non-hydrogen) atoms. The van der Waals surface area contributed by atoms with E-state index in [0.29, 0.717) is 23.6 Å². The van der Waals surface area contributed by atoms with E-state index in [4.69, 9.17) is 4.42 Å². The molecule has 6 nitrogen and oxygen atoms in total. The van der Waals surface area contributed by atoms with Crippen LogP contribution in [0.3, 0.4) is 0 Å². The number of carbonyl (C=O) groups excluding carboxylic acids is 2. The van der Waals surface area contributed by atoms with Gasteiger partial charge in [0.1, 0.15) is 23.2 Å². The molecule has 0 aliphatic rings. The van der Waals surface area contributed by atoms with E-state index in [0.717, 1.165) is 5.56 Å². The van der Waals surface area contributed by atoms with Crippen LogP contribution in [0, 0.1) is 11.3 Å². The van der Waals surface area contributed by atoms with Crippen molar-refractivity contribution in [3.8, 4) is 17.4 Å². The monoisotopic (exact) mass is 371 g/mol. The highest BCUT2D eigenvalue weighted by Crippen LogP contribution is 2.24. The molecule has 3 aromatic rings. The first-order valence-electron chi connectivity index (χ1n) is 8.42. The van der Waals surface area contributed by atoms with Gasteiger partial charge in [0, 0.05) is 18.2 Å². The number of amides is 1. The van der Waals surface area contributed by atoms with Gasteiger partial charge in [-0.3, -0.25) is 4.79 Å². The Kier molecular flexibility index (Phi) is 5.68. The number of nitrogens with one attached hydrogen (secondary N) is 1. The fourth-order valence-electron chi connectivity index (χ4n) is 2.55. The van der Waals surface area contributed by atoms with E-state index >= 15 is 0 Å². The molecule has 138 valence electrons. The molecule has 0 radical (unpaired) electrons. The predicted molar refractivity (Wildman–Crippen MR) is 100 cm³/mol. The van der Waals surface area contributed by atoms with E-state index in [2.05, 4.69) is 5.32 Å². The first kappa shape index (κ1) is 18.7. The molecule has 0 aliphatic carbocycles. The molecule has 1 N–H and O–H groups in total. The number of rotatable bonds is 6. The zero-order chi connectivity index (χ0) is 19.9. The number of benzene rings is 2. The number of carboxylic acid groups (broad SMARTS) is 1. The molecule has 2 aromatic carbocycles. The van der Waals surface area contributed by atoms with E-state index in [1.807, 2.05) is 36.4 Å². The van der Waals surface area contributed by atoms with Crippen LogP contribution < -0.4 is 10.4 Å². The van der Waals surface area contributed by atoms with E-state index in [1.165, 1.54) is 18.2 Å². The van der Waals surface area contributed by atoms with Gasteiger partial charge >= 0.3 is 0 Å². The Balaban J connectivity index is 1.75. The number of hydrogen-bond acceptors (Lipinski definition) is 5. The average molecular weight is 371 g/mol. The number of aromatic carboxylic acids is 1. The van der Waals surface area contributed by atoms with Crippen molar-refractivity contribution in [3.63, 3.8) is 0 Å². The Morgan fingerprint density at radius 2 is 1.86 bits per heavy atom. The Morgan fingerprint density at radius 1 is 1.07 bits per heavy atom. The summed E-state index contributed by atoms with van der Waals surface area (Å²) >= 11 is 0. The predicted octanol–water partition coefficient (Wildman–Crippen LogP) is 2.53. The Morgan fingerprint density at radius 3 is 2.57 bits per heavy atom. The lowest BCUT2D eigenvalue weighted by atomic mass is 10.1. The molecule has 0 fully saturated rings. The highest BCUT2D eigenvalue weighted by Gasteiger charge is 2.11. The van der Waals surface area contributed by atoms with Crippen molar-refractivity contribution in [1.29, 1.82) is 5.26 Å². The maximum Gasteiger partial charge on any atom is 0.262 e. The van der Waals surface area contributed by atoms with Crippen molar-refractivity contribution in [3.05, 3.63) is 89.2 Å². The second-order valence-electron chi connectivity index (χ2n) is 5.91. The van der Waals surface area contributed by atoms with Crippen LogP contribution in [0.1, 0.15) is 21.7 Å². The lowest BCUT2D eigenvalue weighted by Gasteiger charge is -2.04. The maximum atomic E-state index is 12.2. The zero-order valence-corrected chi connectivity index (χ0v) is 14.7. The van der Waals surface area contributed by atoms with E-state index in [9.17, 15) is 20.0 Å². The third-order valence-corrected chi connectivity index (χ3v) is 3.96. The fraction of sp³-hybridized carbons (Fsp3) is 0.0455. The Labute approximate surface area is 161 Å². The molecule has 0 unspecified atom stereocenters. The third kappa shape index (κ3) is 4.54. The quantitative estimate of drug-likeness (QED) is 0.529. The zero-order valence-electron chi connectivity index (χ0n) is 14.7. The standard InChI is InChI=1S/C22H16N2O4/c23-13-18(21(25)24-14-15-5-2-1-3-6-15)12-19-9-10-20(28-19)16-7-4-8-17(11-16)22(26)27/h1-12H,14H2,(H,24,25)(H,26,27)/p-1/b18-12+. The molecule has 0 saturated heterocycles. The molecule has 1 aromatic heterocycles. The summed E-state index contributed by atoms with van der Waals surface area (Å²) in [4.78, 5) is 23.2. The molecular weight excluding hydrogens is 356 g/mol. The lowest BCUT2D eigenvalue weighted by Crippen LogP contribution is -2.23. The second-order valence-corrected chi connectivity index (χ2v) is 5.91. The van der Waals surface area contributed by atoms with Gasteiger partial charge in [-0.2, -0.15) is 5.26 Å². The second kappa shape index (κ2) is 8.52. The van der Waals surface area contributed by atoms with Crippen molar-refractivity contribution in [2.24, 2.45) is 0 Å². The molecule has 1 amide bonds. The van der Waals surface area contributed by atoms with Gasteiger partial charge in [-0.15, -0.1) is 0 Å². The number of nitrogens with zero attached hydrogens (tertiary/aromatic N) is 1. The molecule has 0 atom stereocenters. The van der Waals surface area contributed by atoms with Gasteiger partial charge < -0.3 is 19.6 Å². The summed E-state index contributed by atoms with van der Waals surface area (Å²) in [5.41, 5.74) is 1.40. The third-order valence-electron chi connectivity index (χ3n) is 3.96. The van der Waals surface area contributed by atoms with Crippen molar-refractivity contribution < 1.29 is 19.1 Å². The van der Waals surface area contributed by atoms with Gasteiger partial charge in [0.15, 0.2) is 0 Å². The van der Waals surface area contributed by atoms with Crippen LogP contribution in [0.4, 0.5) is 0 Å². The van der Waals surface area contributed by atoms with Gasteiger partial charge in [0.05, 0.1) is 5.97 Å². The lowest BCUT2D eigenvalue weighted by molar-refractivity contribution is -0.255. The van der Waals surface area contributed by atoms with Gasteiger partial charge in [-0.05, 0) is 29.3 Å². The van der Waals surface area contributed by atoms with Crippen molar-refractivity contribution >= 4 is 18.0 Å². The Hall–Kier alpha value is -4.11. The highest BCUT2D eigenvalue weighted by atomic mass is 16.4. The van der Waals surface area contributed by atoms with E-state index < -0.39 is 11.9 Å². The van der Waals surface area contributed by atoms with Gasteiger partial charge in [0.25, 0.3) is 5.91 Å². The smallest absolute Gasteiger partial charge is 0.262 e. The summed E-state index contributed by atoms with van der Waals surface area (Å²) in [5.74, 6) is -1.07. The summed E-state index contributed by atoms with van der Waals surface area (Å²) in [6, 6.07) is 20.6. The summed E-state index contributed by atoms with van der Waals surface area (Å²) < 4.78 is 5.63. The summed E-state index contributed by atoms with van der Waals surface area (Å²) in [7, 11) is 0. The number of carbonyl (C=O) groups is 2. The van der Waals surface area contributed by atoms with Crippen LogP contribution in [0.15, 0.2) is 76.7 Å². The average Bonchev–Trinajstić information content (AvgIpc) is 3.20. The molecule has 3 rings (SSSR count). The molecule has 0 saturated carbocycles. The van der Waals surface area contributed by atoms with Crippen LogP contribution in [0.25, 0.3) is 17.4 Å². The van der Waals surface area contributed by atoms with Crippen LogP contribution in [0.2, 0.25) is 0 Å². The first-order valence-corrected chi connectivity index (χ1v) is 8.42. The summed E-state index contributed by atoms with van der Waals surface area (Å²) in [6.07, 6.45) is 1.34. The SMILES string of the molecule is N#C/C(=C\c1ccc(-c2cccc(C(=O)[O-])c2)o1)C(=O)NCc1ccccc1. The minimum Gasteiger partial charge on any atom is -0.545 e. The van der Waals surface area contributed by atoms with Crippen LogP contribution in [0.5, 0.6) is 0 Å². The van der Waals surface area contributed by atoms with Gasteiger partial charge in [-0.25, -0.2) is 0 Å². The van der Waals surface area contributed by atoms with Crippen molar-refractivity contribution in [1.82, 2.24) is 5.32 Å². The topological polar surface area (TPSA) is 106 Å². The fourth-order valence-corrected chi connectivity index (χ4v) is 2.55. The van der Waals surface area contributed by atoms with Crippen LogP contribution in [-0.4, -0.2) is 11.9 Å². The molecule has 6 heteroatoms. The van der Waals surface area contributed by atoms with E-state index in [1.54, 1.807) is 24.3 Å². The number of furan rings is 1. The van der Waals surface area contributed by atoms with Crippen LogP contribution >= 0.6 is 0 Å². The largest absolute Gasteiger partial charge is 0.545 e. The molecule has 0 aliphatic heterocycles. The number of hydrogen-bond donors (Lipinski definition) is 1. The molecule has 1 heterocycles. The van der Waals surface area contributed by atoms with E-state index in [-0.39, 0.29) is 11.1 Å². The van der Waals surface area contributed by atoms with Crippen LogP contribution in [-0.2, 0) is 11.3 Å².